The summed E-state index contributed by atoms with van der Waals surface area (Å²) in [6, 6.07) is 0. The van der Waals surface area contributed by atoms with Crippen molar-refractivity contribution >= 4 is 5.87 Å². The normalized spacial score (nSPS) is 11.0. The number of unbranched alkanes of at least 4 members (excludes halogenated alkanes) is 25. The van der Waals surface area contributed by atoms with Crippen molar-refractivity contribution < 1.29 is 0 Å². The Kier molecular flexibility index (Phi) is 27.9. The van der Waals surface area contributed by atoms with E-state index in [0.717, 1.165) is 6.42 Å². The number of allylic oxidation sites excluding steroid dienone is 1. The highest BCUT2D eigenvalue weighted by Gasteiger charge is 1.96. The lowest BCUT2D eigenvalue weighted by atomic mass is 10.0. The van der Waals surface area contributed by atoms with E-state index in [0.29, 0.717) is 0 Å². The third-order valence-electron chi connectivity index (χ3n) is 6.55. The van der Waals surface area contributed by atoms with Gasteiger partial charge in [0, 0.05) is 0 Å². The summed E-state index contributed by atoms with van der Waals surface area (Å²) in [6.07, 6.45) is 39.0. The van der Waals surface area contributed by atoms with Crippen LogP contribution < -0.4 is 0 Å². The molecule has 1 nitrogen and oxygen atoms in total. The maximum Gasteiger partial charge on any atom is -0.0234 e. The van der Waals surface area contributed by atoms with Gasteiger partial charge in [-0.2, -0.15) is 0 Å². The highest BCUT2D eigenvalue weighted by atomic mass is 14.3. The lowest BCUT2D eigenvalue weighted by molar-refractivity contribution is 0.516. The fraction of sp³-hybridized carbons (Fsp3) is 0.931. The van der Waals surface area contributed by atoms with Crippen LogP contribution in [0.4, 0.5) is 0 Å². The van der Waals surface area contributed by atoms with Crippen molar-refractivity contribution in [3.8, 4) is 0 Å². The molecule has 0 saturated carbocycles. The van der Waals surface area contributed by atoms with E-state index in [1.165, 1.54) is 161 Å². The van der Waals surface area contributed by atoms with E-state index in [2.05, 4.69) is 12.8 Å². The Morgan fingerprint density at radius 3 is 0.867 bits per heavy atom. The van der Waals surface area contributed by atoms with Crippen LogP contribution in [-0.4, -0.2) is 5.87 Å². The number of nitrogens with one attached hydrogen (secondary N) is 1. The third kappa shape index (κ3) is 27.5. The van der Waals surface area contributed by atoms with Crippen molar-refractivity contribution in [1.29, 1.82) is 5.41 Å². The van der Waals surface area contributed by atoms with Gasteiger partial charge in [-0.25, -0.2) is 0 Å². The Balaban J connectivity index is 2.99. The van der Waals surface area contributed by atoms with Gasteiger partial charge in [0.2, 0.25) is 0 Å². The van der Waals surface area contributed by atoms with Gasteiger partial charge >= 0.3 is 0 Å². The van der Waals surface area contributed by atoms with Crippen LogP contribution in [0.2, 0.25) is 0 Å². The van der Waals surface area contributed by atoms with Crippen LogP contribution in [0.25, 0.3) is 0 Å². The van der Waals surface area contributed by atoms with E-state index < -0.39 is 0 Å². The summed E-state index contributed by atoms with van der Waals surface area (Å²) in [5.41, 5.74) is 0. The van der Waals surface area contributed by atoms with Crippen molar-refractivity contribution in [2.45, 2.75) is 174 Å². The zero-order chi connectivity index (χ0) is 21.8. The molecule has 0 fully saturated rings. The lowest BCUT2D eigenvalue weighted by Gasteiger charge is -2.04. The fourth-order valence-corrected chi connectivity index (χ4v) is 4.46. The summed E-state index contributed by atoms with van der Waals surface area (Å²) in [4.78, 5) is 0. The maximum atomic E-state index is 6.84. The average Bonchev–Trinajstić information content (AvgIpc) is 2.76. The highest BCUT2D eigenvalue weighted by molar-refractivity contribution is 5.46. The van der Waals surface area contributed by atoms with Crippen LogP contribution in [0, 0.1) is 5.41 Å². The van der Waals surface area contributed by atoms with E-state index in [1.54, 1.807) is 0 Å². The number of rotatable bonds is 26. The van der Waals surface area contributed by atoms with Gasteiger partial charge in [-0.15, -0.1) is 0 Å². The van der Waals surface area contributed by atoms with Crippen molar-refractivity contribution in [2.24, 2.45) is 0 Å². The molecule has 0 bridgehead atoms. The van der Waals surface area contributed by atoms with Crippen molar-refractivity contribution in [1.82, 2.24) is 0 Å². The Hall–Kier alpha value is -0.550. The Labute approximate surface area is 191 Å². The van der Waals surface area contributed by atoms with Gasteiger partial charge in [-0.1, -0.05) is 161 Å². The average molecular weight is 420 g/mol. The van der Waals surface area contributed by atoms with E-state index in [9.17, 15) is 0 Å². The third-order valence-corrected chi connectivity index (χ3v) is 6.55. The minimum absolute atomic E-state index is 1.04. The molecular weight excluding hydrogens is 362 g/mol. The standard InChI is InChI=1S/C29H57N/c1-2-3-4-5-6-7-8-9-10-11-12-13-14-15-16-17-18-19-20-21-22-23-24-25-26-27-28-29-30/h28,30H,2-27H2,1H3. The maximum absolute atomic E-state index is 6.84. The van der Waals surface area contributed by atoms with E-state index in [1.807, 2.05) is 6.08 Å². The predicted molar refractivity (Wildman–Crippen MR) is 138 cm³/mol. The van der Waals surface area contributed by atoms with Crippen molar-refractivity contribution in [2.75, 3.05) is 0 Å². The molecule has 30 heavy (non-hydrogen) atoms. The summed E-state index contributed by atoms with van der Waals surface area (Å²) in [5, 5.41) is 6.84. The molecule has 0 aliphatic heterocycles. The molecule has 0 heterocycles. The molecule has 0 amide bonds. The summed E-state index contributed by atoms with van der Waals surface area (Å²) in [5.74, 6) is 2.36. The van der Waals surface area contributed by atoms with Crippen LogP contribution in [0.15, 0.2) is 6.08 Å². The molecule has 0 aromatic carbocycles. The Morgan fingerprint density at radius 1 is 0.400 bits per heavy atom. The fourth-order valence-electron chi connectivity index (χ4n) is 4.46. The van der Waals surface area contributed by atoms with Gasteiger partial charge in [0.1, 0.15) is 0 Å². The van der Waals surface area contributed by atoms with Gasteiger partial charge in [-0.05, 0) is 24.8 Å². The minimum atomic E-state index is 1.04. The first-order valence-electron chi connectivity index (χ1n) is 14.2. The molecule has 178 valence electrons. The van der Waals surface area contributed by atoms with Crippen LogP contribution in [0.1, 0.15) is 174 Å². The van der Waals surface area contributed by atoms with Gasteiger partial charge in [-0.3, -0.25) is 5.41 Å². The van der Waals surface area contributed by atoms with Crippen molar-refractivity contribution in [3.05, 3.63) is 6.08 Å². The second kappa shape index (κ2) is 28.5. The quantitative estimate of drug-likeness (QED) is 0.106. The molecule has 0 unspecified atom stereocenters. The van der Waals surface area contributed by atoms with Gasteiger partial charge in [0.15, 0.2) is 0 Å². The van der Waals surface area contributed by atoms with Crippen LogP contribution in [0.3, 0.4) is 0 Å². The second-order valence-corrected chi connectivity index (χ2v) is 9.62. The van der Waals surface area contributed by atoms with E-state index in [-0.39, 0.29) is 0 Å². The van der Waals surface area contributed by atoms with E-state index in [4.69, 9.17) is 5.41 Å². The first kappa shape index (κ1) is 29.5. The zero-order valence-corrected chi connectivity index (χ0v) is 21.0. The smallest absolute Gasteiger partial charge is 0.0234 e. The largest absolute Gasteiger partial charge is 0.259 e. The van der Waals surface area contributed by atoms with E-state index >= 15 is 0 Å². The minimum Gasteiger partial charge on any atom is -0.259 e. The first-order valence-corrected chi connectivity index (χ1v) is 14.2. The number of hydrogen-bond acceptors (Lipinski definition) is 1. The molecule has 0 aliphatic rings. The molecule has 0 atom stereocenters. The SMILES string of the molecule is CCCCCCCCCCCCCCCCCCCCCCCCCCCC=C=N. The van der Waals surface area contributed by atoms with Gasteiger partial charge in [0.25, 0.3) is 0 Å². The Bertz CT molecular complexity index is 342. The molecule has 0 saturated heterocycles. The molecular formula is C29H57N. The first-order chi connectivity index (χ1) is 14.9. The van der Waals surface area contributed by atoms with Crippen LogP contribution in [-0.2, 0) is 0 Å². The molecule has 0 aliphatic carbocycles. The number of hydrogen-bond donors (Lipinski definition) is 1. The monoisotopic (exact) mass is 419 g/mol. The second-order valence-electron chi connectivity index (χ2n) is 9.62. The van der Waals surface area contributed by atoms with Crippen LogP contribution in [0.5, 0.6) is 0 Å². The lowest BCUT2D eigenvalue weighted by Crippen LogP contribution is -1.84. The summed E-state index contributed by atoms with van der Waals surface area (Å²) < 4.78 is 0. The molecule has 1 heteroatoms. The summed E-state index contributed by atoms with van der Waals surface area (Å²) in [7, 11) is 0. The van der Waals surface area contributed by atoms with Crippen molar-refractivity contribution in [3.63, 3.8) is 0 Å². The van der Waals surface area contributed by atoms with Gasteiger partial charge in [0.05, 0.1) is 0 Å². The molecule has 1 N–H and O–H groups in total. The highest BCUT2D eigenvalue weighted by Crippen LogP contribution is 2.15. The summed E-state index contributed by atoms with van der Waals surface area (Å²) in [6.45, 7) is 2.30. The molecule has 0 aromatic heterocycles. The molecule has 0 spiro atoms. The molecule has 0 radical (unpaired) electrons. The van der Waals surface area contributed by atoms with Gasteiger partial charge < -0.3 is 0 Å². The molecule has 0 aromatic rings. The molecule has 0 rings (SSSR count). The van der Waals surface area contributed by atoms with Crippen LogP contribution >= 0.6 is 0 Å². The zero-order valence-electron chi connectivity index (χ0n) is 21.0. The summed E-state index contributed by atoms with van der Waals surface area (Å²) >= 11 is 0. The topological polar surface area (TPSA) is 23.9 Å². The predicted octanol–water partition coefficient (Wildman–Crippen LogP) is 11.0. The Morgan fingerprint density at radius 2 is 0.633 bits per heavy atom.